The third-order valence-corrected chi connectivity index (χ3v) is 5.14. The number of hydrogen-bond acceptors (Lipinski definition) is 3. The highest BCUT2D eigenvalue weighted by atomic mass is 32.1. The highest BCUT2D eigenvalue weighted by molar-refractivity contribution is 7.15. The third kappa shape index (κ3) is 2.52. The van der Waals surface area contributed by atoms with E-state index >= 15 is 0 Å². The van der Waals surface area contributed by atoms with Crippen molar-refractivity contribution >= 4 is 11.3 Å². The van der Waals surface area contributed by atoms with Crippen LogP contribution in [0.25, 0.3) is 10.4 Å². The van der Waals surface area contributed by atoms with Gasteiger partial charge in [0.25, 0.3) is 0 Å². The Morgan fingerprint density at radius 2 is 1.89 bits per heavy atom. The first-order chi connectivity index (χ1) is 9.28. The summed E-state index contributed by atoms with van der Waals surface area (Å²) in [6.07, 6.45) is 6.22. The Morgan fingerprint density at radius 3 is 2.53 bits per heavy atom. The minimum atomic E-state index is 0.325. The topological polar surface area (TPSA) is 33.1 Å². The van der Waals surface area contributed by atoms with Gasteiger partial charge in [-0.3, -0.25) is 0 Å². The number of hydrogen-bond donors (Lipinski definition) is 1. The molecule has 1 heterocycles. The van der Waals surface area contributed by atoms with Crippen molar-refractivity contribution in [2.45, 2.75) is 44.9 Å². The molecule has 1 aliphatic rings. The molecule has 1 N–H and O–H groups in total. The summed E-state index contributed by atoms with van der Waals surface area (Å²) in [7, 11) is 0. The average Bonchev–Trinajstić information content (AvgIpc) is 3.08. The van der Waals surface area contributed by atoms with Crippen molar-refractivity contribution in [2.24, 2.45) is 0 Å². The molecule has 0 atom stereocenters. The normalized spacial score (nSPS) is 16.1. The molecule has 0 saturated heterocycles. The minimum absolute atomic E-state index is 0.325. The number of phenols is 1. The molecule has 2 nitrogen and oxygen atoms in total. The zero-order valence-corrected chi connectivity index (χ0v) is 12.0. The molecular formula is C16H19NOS. The molecule has 0 bridgehead atoms. The smallest absolute Gasteiger partial charge is 0.115 e. The molecule has 1 aliphatic carbocycles. The number of phenolic OH excluding ortho intramolecular Hbond substituents is 1. The van der Waals surface area contributed by atoms with Gasteiger partial charge in [0, 0.05) is 5.92 Å². The molecule has 1 aromatic heterocycles. The molecular weight excluding hydrogens is 254 g/mol. The van der Waals surface area contributed by atoms with E-state index in [0.29, 0.717) is 11.7 Å². The van der Waals surface area contributed by atoms with Crippen molar-refractivity contribution in [2.75, 3.05) is 0 Å². The van der Waals surface area contributed by atoms with Crippen LogP contribution in [0.4, 0.5) is 0 Å². The molecule has 19 heavy (non-hydrogen) atoms. The summed E-state index contributed by atoms with van der Waals surface area (Å²) < 4.78 is 0. The molecule has 1 saturated carbocycles. The Hall–Kier alpha value is -1.35. The molecule has 3 rings (SSSR count). The first-order valence-corrected chi connectivity index (χ1v) is 7.88. The second-order valence-corrected chi connectivity index (χ2v) is 6.29. The van der Waals surface area contributed by atoms with Gasteiger partial charge in [0.2, 0.25) is 0 Å². The number of aromatic hydroxyl groups is 1. The van der Waals surface area contributed by atoms with E-state index in [1.54, 1.807) is 12.1 Å². The van der Waals surface area contributed by atoms with Crippen LogP contribution in [-0.2, 0) is 6.42 Å². The van der Waals surface area contributed by atoms with Crippen LogP contribution < -0.4 is 0 Å². The lowest BCUT2D eigenvalue weighted by molar-refractivity contribution is 0.475. The summed E-state index contributed by atoms with van der Waals surface area (Å²) in [5.74, 6) is 0.965. The van der Waals surface area contributed by atoms with Crippen molar-refractivity contribution in [3.63, 3.8) is 0 Å². The van der Waals surface area contributed by atoms with Gasteiger partial charge >= 0.3 is 0 Å². The molecule has 1 aromatic carbocycles. The number of aryl methyl sites for hydroxylation is 1. The van der Waals surface area contributed by atoms with Gasteiger partial charge in [-0.1, -0.05) is 19.8 Å². The molecule has 0 unspecified atom stereocenters. The van der Waals surface area contributed by atoms with Gasteiger partial charge in [0.1, 0.15) is 5.75 Å². The summed E-state index contributed by atoms with van der Waals surface area (Å²) in [4.78, 5) is 6.17. The minimum Gasteiger partial charge on any atom is -0.508 e. The van der Waals surface area contributed by atoms with Gasteiger partial charge in [0.05, 0.1) is 15.6 Å². The van der Waals surface area contributed by atoms with E-state index in [9.17, 15) is 5.11 Å². The van der Waals surface area contributed by atoms with Gasteiger partial charge in [0.15, 0.2) is 0 Å². The number of rotatable bonds is 3. The highest BCUT2D eigenvalue weighted by Gasteiger charge is 2.24. The zero-order valence-electron chi connectivity index (χ0n) is 11.2. The zero-order chi connectivity index (χ0) is 13.2. The molecule has 3 heteroatoms. The van der Waals surface area contributed by atoms with E-state index in [2.05, 4.69) is 6.92 Å². The van der Waals surface area contributed by atoms with Crippen molar-refractivity contribution in [3.05, 3.63) is 35.0 Å². The Labute approximate surface area is 118 Å². The summed E-state index contributed by atoms with van der Waals surface area (Å²) in [5.41, 5.74) is 2.49. The molecule has 1 fully saturated rings. The number of benzene rings is 1. The SMILES string of the molecule is CCc1nc(C2CCCC2)c(-c2ccc(O)cc2)s1. The number of aromatic nitrogens is 1. The van der Waals surface area contributed by atoms with Gasteiger partial charge < -0.3 is 5.11 Å². The fourth-order valence-electron chi connectivity index (χ4n) is 2.82. The molecule has 0 aliphatic heterocycles. The fourth-order valence-corrected chi connectivity index (χ4v) is 3.92. The maximum atomic E-state index is 9.42. The Bertz CT molecular complexity index is 553. The summed E-state index contributed by atoms with van der Waals surface area (Å²) in [5, 5.41) is 10.7. The molecule has 0 amide bonds. The van der Waals surface area contributed by atoms with Crippen LogP contribution in [0.15, 0.2) is 24.3 Å². The maximum absolute atomic E-state index is 9.42. The lowest BCUT2D eigenvalue weighted by Crippen LogP contribution is -1.95. The first kappa shape index (κ1) is 12.7. The Balaban J connectivity index is 2.03. The lowest BCUT2D eigenvalue weighted by Gasteiger charge is -2.09. The van der Waals surface area contributed by atoms with E-state index < -0.39 is 0 Å². The van der Waals surface area contributed by atoms with Gasteiger partial charge in [-0.25, -0.2) is 4.98 Å². The van der Waals surface area contributed by atoms with Crippen molar-refractivity contribution in [3.8, 4) is 16.2 Å². The lowest BCUT2D eigenvalue weighted by atomic mass is 10.00. The largest absolute Gasteiger partial charge is 0.508 e. The van der Waals surface area contributed by atoms with E-state index in [4.69, 9.17) is 4.98 Å². The predicted molar refractivity (Wildman–Crippen MR) is 79.8 cm³/mol. The van der Waals surface area contributed by atoms with Crippen LogP contribution in [0, 0.1) is 0 Å². The average molecular weight is 273 g/mol. The molecule has 100 valence electrons. The van der Waals surface area contributed by atoms with Crippen LogP contribution >= 0.6 is 11.3 Å². The Morgan fingerprint density at radius 1 is 1.21 bits per heavy atom. The van der Waals surface area contributed by atoms with E-state index in [1.807, 2.05) is 23.5 Å². The third-order valence-electron chi connectivity index (χ3n) is 3.87. The van der Waals surface area contributed by atoms with Crippen LogP contribution in [0.3, 0.4) is 0 Å². The van der Waals surface area contributed by atoms with Crippen LogP contribution in [0.5, 0.6) is 5.75 Å². The summed E-state index contributed by atoms with van der Waals surface area (Å²) in [6.45, 7) is 2.16. The second-order valence-electron chi connectivity index (χ2n) is 5.20. The molecule has 0 radical (unpaired) electrons. The van der Waals surface area contributed by atoms with Gasteiger partial charge in [-0.15, -0.1) is 11.3 Å². The van der Waals surface area contributed by atoms with E-state index in [-0.39, 0.29) is 0 Å². The van der Waals surface area contributed by atoms with E-state index in [0.717, 1.165) is 6.42 Å². The fraction of sp³-hybridized carbons (Fsp3) is 0.438. The predicted octanol–water partition coefficient (Wildman–Crippen LogP) is 4.74. The number of nitrogens with zero attached hydrogens (tertiary/aromatic N) is 1. The van der Waals surface area contributed by atoms with E-state index in [1.165, 1.54) is 46.8 Å². The molecule has 0 spiro atoms. The summed E-state index contributed by atoms with van der Waals surface area (Å²) in [6, 6.07) is 7.53. The van der Waals surface area contributed by atoms with Crippen molar-refractivity contribution < 1.29 is 5.11 Å². The van der Waals surface area contributed by atoms with Gasteiger partial charge in [-0.05, 0) is 49.1 Å². The maximum Gasteiger partial charge on any atom is 0.115 e. The van der Waals surface area contributed by atoms with Crippen LogP contribution in [-0.4, -0.2) is 10.1 Å². The number of thiazole rings is 1. The monoisotopic (exact) mass is 273 g/mol. The quantitative estimate of drug-likeness (QED) is 0.876. The van der Waals surface area contributed by atoms with Crippen LogP contribution in [0.2, 0.25) is 0 Å². The van der Waals surface area contributed by atoms with Gasteiger partial charge in [-0.2, -0.15) is 0 Å². The van der Waals surface area contributed by atoms with Crippen molar-refractivity contribution in [1.82, 2.24) is 4.98 Å². The highest BCUT2D eigenvalue weighted by Crippen LogP contribution is 2.41. The van der Waals surface area contributed by atoms with Crippen molar-refractivity contribution in [1.29, 1.82) is 0 Å². The molecule has 2 aromatic rings. The standard InChI is InChI=1S/C16H19NOS/c1-2-14-17-15(11-5-3-4-6-11)16(19-14)12-7-9-13(18)10-8-12/h7-11,18H,2-6H2,1H3. The Kier molecular flexibility index (Phi) is 3.56. The second kappa shape index (κ2) is 5.33. The first-order valence-electron chi connectivity index (χ1n) is 7.07. The van der Waals surface area contributed by atoms with Crippen LogP contribution in [0.1, 0.15) is 49.2 Å². The summed E-state index contributed by atoms with van der Waals surface area (Å²) >= 11 is 1.81.